The molecular weight excluding hydrogens is 298 g/mol. The van der Waals surface area contributed by atoms with E-state index in [9.17, 15) is 4.79 Å². The summed E-state index contributed by atoms with van der Waals surface area (Å²) in [5, 5.41) is 0. The zero-order valence-electron chi connectivity index (χ0n) is 15.6. The zero-order valence-corrected chi connectivity index (χ0v) is 16.6. The molecule has 3 heteroatoms. The van der Waals surface area contributed by atoms with E-state index in [-0.39, 0.29) is 0 Å². The van der Waals surface area contributed by atoms with Gasteiger partial charge in [-0.25, -0.2) is 0 Å². The molecule has 0 bridgehead atoms. The molecule has 1 heterocycles. The minimum Gasteiger partial charge on any atom is -0.300 e. The van der Waals surface area contributed by atoms with Gasteiger partial charge in [0.05, 0.1) is 8.07 Å². The van der Waals surface area contributed by atoms with Crippen LogP contribution in [0.2, 0.25) is 24.7 Å². The molecule has 1 fully saturated rings. The lowest BCUT2D eigenvalue weighted by atomic mass is 9.94. The molecule has 0 radical (unpaired) electrons. The number of likely N-dealkylation sites (tertiary alicyclic amines) is 1. The number of hydrogen-bond donors (Lipinski definition) is 0. The van der Waals surface area contributed by atoms with E-state index in [2.05, 4.69) is 69.1 Å². The molecule has 0 spiro atoms. The highest BCUT2D eigenvalue weighted by Crippen LogP contribution is 2.36. The van der Waals surface area contributed by atoms with Crippen LogP contribution in [-0.4, -0.2) is 31.8 Å². The van der Waals surface area contributed by atoms with E-state index < -0.39 is 8.07 Å². The Morgan fingerprint density at radius 1 is 1.17 bits per heavy atom. The Morgan fingerprint density at radius 2 is 1.83 bits per heavy atom. The van der Waals surface area contributed by atoms with Crippen molar-refractivity contribution in [2.45, 2.75) is 64.8 Å². The van der Waals surface area contributed by atoms with Crippen LogP contribution in [0.4, 0.5) is 0 Å². The maximum Gasteiger partial charge on any atom is 0.135 e. The van der Waals surface area contributed by atoms with Gasteiger partial charge in [-0.3, -0.25) is 9.69 Å². The Bertz CT molecular complexity index is 518. The topological polar surface area (TPSA) is 20.3 Å². The van der Waals surface area contributed by atoms with Crippen LogP contribution in [0.25, 0.3) is 0 Å². The van der Waals surface area contributed by atoms with Crippen LogP contribution in [0.3, 0.4) is 0 Å². The lowest BCUT2D eigenvalue weighted by Gasteiger charge is -2.40. The maximum atomic E-state index is 12.6. The predicted octanol–water partition coefficient (Wildman–Crippen LogP) is 4.98. The van der Waals surface area contributed by atoms with Crippen molar-refractivity contribution in [1.82, 2.24) is 4.90 Å². The standard InChI is InChI=1S/C20H33NOSi/c1-20(2,3)12-14-23(4,5)19-16-21(13-11-18(19)22)15-17-9-7-6-8-10-17/h6-10,19H,11-16H2,1-5H3/t19-/m1/s1. The van der Waals surface area contributed by atoms with Crippen molar-refractivity contribution in [2.75, 3.05) is 13.1 Å². The monoisotopic (exact) mass is 331 g/mol. The summed E-state index contributed by atoms with van der Waals surface area (Å²) >= 11 is 0. The number of hydrogen-bond acceptors (Lipinski definition) is 2. The van der Waals surface area contributed by atoms with Crippen molar-refractivity contribution in [3.63, 3.8) is 0 Å². The average Bonchev–Trinajstić information content (AvgIpc) is 2.48. The summed E-state index contributed by atoms with van der Waals surface area (Å²) in [5.41, 5.74) is 2.03. The van der Waals surface area contributed by atoms with Gasteiger partial charge in [0.25, 0.3) is 0 Å². The molecule has 0 aromatic heterocycles. The molecule has 128 valence electrons. The molecule has 2 nitrogen and oxygen atoms in total. The fraction of sp³-hybridized carbons (Fsp3) is 0.650. The highest BCUT2D eigenvalue weighted by Gasteiger charge is 2.40. The molecule has 1 aliphatic heterocycles. The molecule has 0 amide bonds. The lowest BCUT2D eigenvalue weighted by molar-refractivity contribution is -0.121. The molecule has 1 atom stereocenters. The number of ketones is 1. The van der Waals surface area contributed by atoms with Gasteiger partial charge in [0.1, 0.15) is 5.78 Å². The average molecular weight is 332 g/mol. The molecule has 1 aromatic carbocycles. The van der Waals surface area contributed by atoms with Crippen molar-refractivity contribution >= 4 is 13.9 Å². The smallest absolute Gasteiger partial charge is 0.135 e. The summed E-state index contributed by atoms with van der Waals surface area (Å²) in [6.45, 7) is 14.6. The third-order valence-corrected chi connectivity index (χ3v) is 9.15. The van der Waals surface area contributed by atoms with Crippen LogP contribution in [0.1, 0.15) is 39.2 Å². The molecule has 0 aliphatic carbocycles. The normalized spacial score (nSPS) is 20.7. The van der Waals surface area contributed by atoms with Crippen molar-refractivity contribution in [3.05, 3.63) is 35.9 Å². The van der Waals surface area contributed by atoms with Crippen LogP contribution in [0.15, 0.2) is 30.3 Å². The summed E-state index contributed by atoms with van der Waals surface area (Å²) in [5.74, 6) is 0.528. The molecular formula is C20H33NOSi. The molecule has 1 saturated heterocycles. The Hall–Kier alpha value is -0.933. The first kappa shape index (κ1) is 18.4. The molecule has 2 rings (SSSR count). The molecule has 23 heavy (non-hydrogen) atoms. The number of rotatable bonds is 5. The second kappa shape index (κ2) is 7.31. The number of piperidine rings is 1. The largest absolute Gasteiger partial charge is 0.300 e. The van der Waals surface area contributed by atoms with Gasteiger partial charge in [-0.05, 0) is 11.0 Å². The van der Waals surface area contributed by atoms with Crippen LogP contribution in [-0.2, 0) is 11.3 Å². The number of carbonyl (C=O) groups excluding carboxylic acids is 1. The first-order valence-corrected chi connectivity index (χ1v) is 12.2. The summed E-state index contributed by atoms with van der Waals surface area (Å²) in [4.78, 5) is 15.1. The summed E-state index contributed by atoms with van der Waals surface area (Å²) in [7, 11) is -1.53. The second-order valence-corrected chi connectivity index (χ2v) is 14.2. The first-order chi connectivity index (χ1) is 10.7. The lowest BCUT2D eigenvalue weighted by Crippen LogP contribution is -2.48. The van der Waals surface area contributed by atoms with Gasteiger partial charge in [-0.1, -0.05) is 76.7 Å². The van der Waals surface area contributed by atoms with E-state index in [0.717, 1.165) is 26.1 Å². The second-order valence-electron chi connectivity index (χ2n) is 9.04. The van der Waals surface area contributed by atoms with Crippen molar-refractivity contribution in [3.8, 4) is 0 Å². The SMILES string of the molecule is CC(C)(C)CC[Si](C)(C)[C@@H]1CN(Cc2ccccc2)CCC1=O. The molecule has 0 N–H and O–H groups in total. The predicted molar refractivity (Wildman–Crippen MR) is 101 cm³/mol. The van der Waals surface area contributed by atoms with E-state index >= 15 is 0 Å². The Labute approximate surface area is 143 Å². The van der Waals surface area contributed by atoms with Gasteiger partial charge in [0.2, 0.25) is 0 Å². The van der Waals surface area contributed by atoms with Gasteiger partial charge in [0, 0.05) is 31.6 Å². The minimum atomic E-state index is -1.53. The molecule has 0 unspecified atom stereocenters. The van der Waals surface area contributed by atoms with Gasteiger partial charge in [-0.2, -0.15) is 0 Å². The van der Waals surface area contributed by atoms with Crippen LogP contribution in [0, 0.1) is 5.41 Å². The number of Topliss-reactive ketones (excluding diaryl/α,β-unsaturated/α-hetero) is 1. The van der Waals surface area contributed by atoms with E-state index in [1.165, 1.54) is 18.0 Å². The van der Waals surface area contributed by atoms with E-state index in [1.807, 2.05) is 0 Å². The Balaban J connectivity index is 2.00. The van der Waals surface area contributed by atoms with Gasteiger partial charge in [0.15, 0.2) is 0 Å². The maximum absolute atomic E-state index is 12.6. The van der Waals surface area contributed by atoms with Crippen LogP contribution >= 0.6 is 0 Å². The molecule has 1 aliphatic rings. The summed E-state index contributed by atoms with van der Waals surface area (Å²) in [6.07, 6.45) is 1.97. The van der Waals surface area contributed by atoms with E-state index in [4.69, 9.17) is 0 Å². The van der Waals surface area contributed by atoms with Gasteiger partial charge < -0.3 is 0 Å². The zero-order chi connectivity index (χ0) is 17.1. The Morgan fingerprint density at radius 3 is 2.43 bits per heavy atom. The van der Waals surface area contributed by atoms with Crippen LogP contribution < -0.4 is 0 Å². The van der Waals surface area contributed by atoms with Gasteiger partial charge in [-0.15, -0.1) is 0 Å². The molecule has 1 aromatic rings. The Kier molecular flexibility index (Phi) is 5.85. The number of carbonyl (C=O) groups is 1. The van der Waals surface area contributed by atoms with Gasteiger partial charge >= 0.3 is 0 Å². The van der Waals surface area contributed by atoms with Crippen molar-refractivity contribution in [2.24, 2.45) is 5.41 Å². The fourth-order valence-electron chi connectivity index (χ4n) is 3.43. The van der Waals surface area contributed by atoms with Crippen LogP contribution in [0.5, 0.6) is 0 Å². The highest BCUT2D eigenvalue weighted by atomic mass is 28.3. The van der Waals surface area contributed by atoms with E-state index in [0.29, 0.717) is 16.7 Å². The minimum absolute atomic E-state index is 0.308. The molecule has 0 saturated carbocycles. The summed E-state index contributed by atoms with van der Waals surface area (Å²) < 4.78 is 0. The first-order valence-electron chi connectivity index (χ1n) is 8.96. The number of nitrogens with zero attached hydrogens (tertiary/aromatic N) is 1. The fourth-order valence-corrected chi connectivity index (χ4v) is 6.94. The number of benzene rings is 1. The summed E-state index contributed by atoms with van der Waals surface area (Å²) in [6, 6.07) is 11.9. The third-order valence-electron chi connectivity index (χ3n) is 5.22. The van der Waals surface area contributed by atoms with E-state index in [1.54, 1.807) is 0 Å². The van der Waals surface area contributed by atoms with Crippen molar-refractivity contribution < 1.29 is 4.79 Å². The van der Waals surface area contributed by atoms with Crippen molar-refractivity contribution in [1.29, 1.82) is 0 Å². The third kappa shape index (κ3) is 5.57. The highest BCUT2D eigenvalue weighted by molar-refractivity contribution is 6.81. The quantitative estimate of drug-likeness (QED) is 0.710.